The predicted octanol–water partition coefficient (Wildman–Crippen LogP) is 3.78. The lowest BCUT2D eigenvalue weighted by atomic mass is 10.1. The van der Waals surface area contributed by atoms with Gasteiger partial charge < -0.3 is 9.47 Å². The molecule has 0 aliphatic carbocycles. The van der Waals surface area contributed by atoms with Gasteiger partial charge in [0, 0.05) is 18.0 Å². The summed E-state index contributed by atoms with van der Waals surface area (Å²) < 4.78 is 87.6. The maximum Gasteiger partial charge on any atom is 0.427 e. The number of pyridine rings is 1. The molecule has 0 bridgehead atoms. The summed E-state index contributed by atoms with van der Waals surface area (Å²) in [4.78, 5) is 7.63. The normalized spacial score (nSPS) is 12.7. The van der Waals surface area contributed by atoms with Crippen LogP contribution in [0, 0.1) is 5.82 Å². The van der Waals surface area contributed by atoms with Gasteiger partial charge in [0.2, 0.25) is 0 Å². The van der Waals surface area contributed by atoms with E-state index in [0.29, 0.717) is 0 Å². The molecular weight excluding hydrogens is 408 g/mol. The SMILES string of the molecule is CC(C)(Oc1ncc(-c2cn3c(COC(F)F)nnc3cn2)cc1F)C(F)(F)F. The minimum absolute atomic E-state index is 0.0456. The van der Waals surface area contributed by atoms with Crippen molar-refractivity contribution in [2.75, 3.05) is 0 Å². The third kappa shape index (κ3) is 4.39. The second kappa shape index (κ2) is 7.46. The van der Waals surface area contributed by atoms with Gasteiger partial charge in [0.05, 0.1) is 11.9 Å². The molecule has 0 aliphatic rings. The zero-order valence-corrected chi connectivity index (χ0v) is 14.9. The molecule has 29 heavy (non-hydrogen) atoms. The number of hydrogen-bond donors (Lipinski definition) is 0. The molecule has 3 aromatic heterocycles. The highest BCUT2D eigenvalue weighted by atomic mass is 19.4. The summed E-state index contributed by atoms with van der Waals surface area (Å²) >= 11 is 0. The Hall–Kier alpha value is -2.96. The second-order valence-electron chi connectivity index (χ2n) is 6.31. The summed E-state index contributed by atoms with van der Waals surface area (Å²) in [5.74, 6) is -1.91. The molecule has 0 aliphatic heterocycles. The molecule has 7 nitrogen and oxygen atoms in total. The van der Waals surface area contributed by atoms with Crippen LogP contribution in [0.4, 0.5) is 26.3 Å². The fourth-order valence-electron chi connectivity index (χ4n) is 2.17. The molecule has 0 radical (unpaired) electrons. The van der Waals surface area contributed by atoms with Crippen LogP contribution in [0.3, 0.4) is 0 Å². The Labute approximate surface area is 159 Å². The van der Waals surface area contributed by atoms with Crippen LogP contribution in [0.2, 0.25) is 0 Å². The van der Waals surface area contributed by atoms with Gasteiger partial charge in [-0.05, 0) is 19.9 Å². The van der Waals surface area contributed by atoms with Gasteiger partial charge >= 0.3 is 12.8 Å². The Morgan fingerprint density at radius 1 is 1.10 bits per heavy atom. The highest BCUT2D eigenvalue weighted by Crippen LogP contribution is 2.34. The van der Waals surface area contributed by atoms with E-state index in [1.165, 1.54) is 16.8 Å². The van der Waals surface area contributed by atoms with Crippen molar-refractivity contribution in [3.8, 4) is 17.1 Å². The van der Waals surface area contributed by atoms with Crippen molar-refractivity contribution in [1.29, 1.82) is 0 Å². The van der Waals surface area contributed by atoms with E-state index >= 15 is 0 Å². The second-order valence-corrected chi connectivity index (χ2v) is 6.31. The third-order valence-electron chi connectivity index (χ3n) is 3.84. The molecule has 13 heteroatoms. The zero-order chi connectivity index (χ0) is 21.4. The van der Waals surface area contributed by atoms with E-state index in [4.69, 9.17) is 0 Å². The summed E-state index contributed by atoms with van der Waals surface area (Å²) in [6, 6.07) is 0.892. The maximum atomic E-state index is 14.3. The van der Waals surface area contributed by atoms with Crippen LogP contribution in [-0.4, -0.2) is 43.0 Å². The highest BCUT2D eigenvalue weighted by molar-refractivity contribution is 5.59. The largest absolute Gasteiger partial charge is 0.460 e. The van der Waals surface area contributed by atoms with Gasteiger partial charge in [0.25, 0.3) is 5.88 Å². The number of nitrogens with zero attached hydrogens (tertiary/aromatic N) is 5. The van der Waals surface area contributed by atoms with Crippen molar-refractivity contribution in [2.45, 2.75) is 38.8 Å². The standard InChI is InChI=1S/C16H13F6N5O2/c1-15(2,16(20,21)22)29-13-9(17)3-8(4-24-13)10-6-27-11(5-23-10)25-26-12(27)7-28-14(18)19/h3-6,14H,7H2,1-2H3. The number of rotatable bonds is 6. The summed E-state index contributed by atoms with van der Waals surface area (Å²) in [5, 5.41) is 7.43. The van der Waals surface area contributed by atoms with E-state index in [-0.39, 0.29) is 22.7 Å². The average molecular weight is 421 g/mol. The molecule has 3 aromatic rings. The van der Waals surface area contributed by atoms with Crippen molar-refractivity contribution in [1.82, 2.24) is 24.6 Å². The van der Waals surface area contributed by atoms with Crippen molar-refractivity contribution in [3.05, 3.63) is 36.3 Å². The summed E-state index contributed by atoms with van der Waals surface area (Å²) in [5.41, 5.74) is -2.18. The summed E-state index contributed by atoms with van der Waals surface area (Å²) in [6.45, 7) is -2.05. The van der Waals surface area contributed by atoms with Gasteiger partial charge in [0.1, 0.15) is 6.61 Å². The number of alkyl halides is 5. The Morgan fingerprint density at radius 3 is 2.45 bits per heavy atom. The first-order valence-electron chi connectivity index (χ1n) is 7.99. The van der Waals surface area contributed by atoms with Gasteiger partial charge in [-0.1, -0.05) is 0 Å². The number of fused-ring (bicyclic) bond motifs is 1. The van der Waals surface area contributed by atoms with E-state index in [0.717, 1.165) is 26.1 Å². The topological polar surface area (TPSA) is 74.4 Å². The minimum atomic E-state index is -4.74. The quantitative estimate of drug-likeness (QED) is 0.564. The third-order valence-corrected chi connectivity index (χ3v) is 3.84. The Balaban J connectivity index is 1.90. The van der Waals surface area contributed by atoms with Gasteiger partial charge in [-0.2, -0.15) is 22.0 Å². The molecule has 156 valence electrons. The number of aromatic nitrogens is 5. The van der Waals surface area contributed by atoms with Gasteiger partial charge in [0.15, 0.2) is 22.9 Å². The van der Waals surface area contributed by atoms with Crippen LogP contribution >= 0.6 is 0 Å². The van der Waals surface area contributed by atoms with Crippen LogP contribution in [-0.2, 0) is 11.3 Å². The molecule has 0 saturated heterocycles. The lowest BCUT2D eigenvalue weighted by molar-refractivity contribution is -0.235. The van der Waals surface area contributed by atoms with Crippen LogP contribution in [0.5, 0.6) is 5.88 Å². The van der Waals surface area contributed by atoms with Crippen molar-refractivity contribution >= 4 is 5.65 Å². The average Bonchev–Trinajstić information content (AvgIpc) is 3.02. The molecule has 0 amide bonds. The molecule has 0 unspecified atom stereocenters. The van der Waals surface area contributed by atoms with Gasteiger partial charge in [-0.3, -0.25) is 9.38 Å². The molecule has 3 rings (SSSR count). The highest BCUT2D eigenvalue weighted by Gasteiger charge is 2.50. The molecule has 3 heterocycles. The molecule has 0 spiro atoms. The summed E-state index contributed by atoms with van der Waals surface area (Å²) in [6.07, 6.45) is -1.09. The Morgan fingerprint density at radius 2 is 1.83 bits per heavy atom. The first kappa shape index (κ1) is 20.8. The van der Waals surface area contributed by atoms with Gasteiger partial charge in [-0.15, -0.1) is 10.2 Å². The maximum absolute atomic E-state index is 14.3. The molecule has 0 aromatic carbocycles. The van der Waals surface area contributed by atoms with Crippen LogP contribution in [0.15, 0.2) is 24.7 Å². The van der Waals surface area contributed by atoms with Crippen LogP contribution in [0.25, 0.3) is 16.9 Å². The molecule has 0 atom stereocenters. The first-order chi connectivity index (χ1) is 13.5. The van der Waals surface area contributed by atoms with Crippen LogP contribution in [0.1, 0.15) is 19.7 Å². The molecular formula is C16H13F6N5O2. The number of hydrogen-bond acceptors (Lipinski definition) is 6. The fraction of sp³-hybridized carbons (Fsp3) is 0.375. The van der Waals surface area contributed by atoms with E-state index in [1.54, 1.807) is 0 Å². The van der Waals surface area contributed by atoms with E-state index in [1.807, 2.05) is 0 Å². The Kier molecular flexibility index (Phi) is 5.34. The lowest BCUT2D eigenvalue weighted by Gasteiger charge is -2.28. The van der Waals surface area contributed by atoms with E-state index < -0.39 is 36.7 Å². The lowest BCUT2D eigenvalue weighted by Crippen LogP contribution is -2.45. The van der Waals surface area contributed by atoms with Crippen molar-refractivity contribution in [3.63, 3.8) is 0 Å². The smallest absolute Gasteiger partial charge is 0.427 e. The fourth-order valence-corrected chi connectivity index (χ4v) is 2.17. The first-order valence-corrected chi connectivity index (χ1v) is 7.99. The van der Waals surface area contributed by atoms with Crippen molar-refractivity contribution < 1.29 is 35.8 Å². The monoisotopic (exact) mass is 421 g/mol. The van der Waals surface area contributed by atoms with Crippen molar-refractivity contribution in [2.24, 2.45) is 0 Å². The van der Waals surface area contributed by atoms with Crippen LogP contribution < -0.4 is 4.74 Å². The molecule has 0 fully saturated rings. The zero-order valence-electron chi connectivity index (χ0n) is 14.9. The summed E-state index contributed by atoms with van der Waals surface area (Å²) in [7, 11) is 0. The molecule has 0 N–H and O–H groups in total. The number of halogens is 6. The number of ether oxygens (including phenoxy) is 2. The molecule has 0 saturated carbocycles. The minimum Gasteiger partial charge on any atom is -0.460 e. The van der Waals surface area contributed by atoms with E-state index in [2.05, 4.69) is 29.6 Å². The van der Waals surface area contributed by atoms with E-state index in [9.17, 15) is 26.3 Å². The predicted molar refractivity (Wildman–Crippen MR) is 85.5 cm³/mol. The van der Waals surface area contributed by atoms with Gasteiger partial charge in [-0.25, -0.2) is 9.37 Å². The Bertz CT molecular complexity index is 1020.